The van der Waals surface area contributed by atoms with Crippen molar-refractivity contribution in [2.24, 2.45) is 11.7 Å². The van der Waals surface area contributed by atoms with Crippen LogP contribution in [0.1, 0.15) is 40.0 Å². The van der Waals surface area contributed by atoms with Crippen LogP contribution in [0.4, 0.5) is 5.69 Å². The molecule has 6 heteroatoms. The van der Waals surface area contributed by atoms with Crippen molar-refractivity contribution >= 4 is 21.6 Å². The molecule has 20 heavy (non-hydrogen) atoms. The molecule has 1 atom stereocenters. The Hall–Kier alpha value is -0.880. The predicted octanol–water partition coefficient (Wildman–Crippen LogP) is 2.59. The molecule has 0 aliphatic rings. The van der Waals surface area contributed by atoms with Crippen LogP contribution in [0.15, 0.2) is 15.5 Å². The van der Waals surface area contributed by atoms with Crippen molar-refractivity contribution in [2.45, 2.75) is 52.6 Å². The summed E-state index contributed by atoms with van der Waals surface area (Å²) >= 11 is 3.37. The number of hydrogen-bond acceptors (Lipinski definition) is 4. The van der Waals surface area contributed by atoms with Gasteiger partial charge in [0, 0.05) is 19.1 Å². The lowest BCUT2D eigenvalue weighted by Gasteiger charge is -2.19. The number of anilines is 1. The van der Waals surface area contributed by atoms with Crippen LogP contribution < -0.4 is 16.6 Å². The number of nitrogens with zero attached hydrogens (tertiary/aromatic N) is 2. The average molecular weight is 345 g/mol. The monoisotopic (exact) mass is 344 g/mol. The van der Waals surface area contributed by atoms with Crippen LogP contribution in [0.5, 0.6) is 0 Å². The Morgan fingerprint density at radius 1 is 1.50 bits per heavy atom. The standard InChI is InChI=1S/C14H25BrN4O/c1-4-5-6-11(7-16)18-12-8-17-19(9-10(2)3)14(20)13(12)15/h8,10-11,18H,4-7,9,16H2,1-3H3. The van der Waals surface area contributed by atoms with Gasteiger partial charge in [0.15, 0.2) is 0 Å². The molecule has 1 unspecified atom stereocenters. The summed E-state index contributed by atoms with van der Waals surface area (Å²) < 4.78 is 2.02. The number of halogens is 1. The topological polar surface area (TPSA) is 72.9 Å². The Kier molecular flexibility index (Phi) is 7.23. The molecule has 1 aromatic rings. The molecule has 5 nitrogen and oxygen atoms in total. The molecule has 0 amide bonds. The summed E-state index contributed by atoms with van der Waals surface area (Å²) in [6.07, 6.45) is 4.94. The summed E-state index contributed by atoms with van der Waals surface area (Å²) in [6.45, 7) is 7.43. The van der Waals surface area contributed by atoms with Crippen LogP contribution in [0, 0.1) is 5.92 Å². The number of rotatable bonds is 8. The molecule has 0 saturated carbocycles. The van der Waals surface area contributed by atoms with Crippen molar-refractivity contribution in [1.82, 2.24) is 9.78 Å². The second-order valence-corrected chi connectivity index (χ2v) is 6.27. The van der Waals surface area contributed by atoms with E-state index < -0.39 is 0 Å². The van der Waals surface area contributed by atoms with E-state index in [2.05, 4.69) is 47.1 Å². The van der Waals surface area contributed by atoms with Crippen LogP contribution in [0.25, 0.3) is 0 Å². The van der Waals surface area contributed by atoms with Gasteiger partial charge in [0.25, 0.3) is 5.56 Å². The molecule has 0 aromatic carbocycles. The largest absolute Gasteiger partial charge is 0.379 e. The second kappa shape index (κ2) is 8.42. The minimum atomic E-state index is -0.102. The minimum Gasteiger partial charge on any atom is -0.379 e. The van der Waals surface area contributed by atoms with E-state index in [9.17, 15) is 4.79 Å². The van der Waals surface area contributed by atoms with Gasteiger partial charge in [0.1, 0.15) is 4.47 Å². The normalized spacial score (nSPS) is 12.7. The first kappa shape index (κ1) is 17.2. The maximum Gasteiger partial charge on any atom is 0.283 e. The highest BCUT2D eigenvalue weighted by molar-refractivity contribution is 9.10. The lowest BCUT2D eigenvalue weighted by Crippen LogP contribution is -2.31. The summed E-state index contributed by atoms with van der Waals surface area (Å²) in [5, 5.41) is 7.52. The van der Waals surface area contributed by atoms with Crippen LogP contribution in [0.2, 0.25) is 0 Å². The lowest BCUT2D eigenvalue weighted by molar-refractivity contribution is 0.462. The van der Waals surface area contributed by atoms with Gasteiger partial charge >= 0.3 is 0 Å². The SMILES string of the molecule is CCCCC(CN)Nc1cnn(CC(C)C)c(=O)c1Br. The fraction of sp³-hybridized carbons (Fsp3) is 0.714. The first-order valence-corrected chi connectivity index (χ1v) is 8.01. The Morgan fingerprint density at radius 2 is 2.20 bits per heavy atom. The number of aromatic nitrogens is 2. The van der Waals surface area contributed by atoms with Gasteiger partial charge in [-0.1, -0.05) is 33.6 Å². The molecule has 3 N–H and O–H groups in total. The van der Waals surface area contributed by atoms with Crippen molar-refractivity contribution in [2.75, 3.05) is 11.9 Å². The van der Waals surface area contributed by atoms with Gasteiger partial charge in [-0.05, 0) is 28.3 Å². The first-order valence-electron chi connectivity index (χ1n) is 7.21. The van der Waals surface area contributed by atoms with E-state index >= 15 is 0 Å². The van der Waals surface area contributed by atoms with Gasteiger partial charge in [-0.3, -0.25) is 4.79 Å². The van der Waals surface area contributed by atoms with E-state index in [1.807, 2.05) is 0 Å². The molecule has 1 rings (SSSR count). The molecular formula is C14H25BrN4O. The molecular weight excluding hydrogens is 320 g/mol. The Bertz CT molecular complexity index is 473. The number of nitrogens with one attached hydrogen (secondary N) is 1. The van der Waals surface area contributed by atoms with Crippen LogP contribution in [-0.4, -0.2) is 22.4 Å². The molecule has 0 aliphatic heterocycles. The Morgan fingerprint density at radius 3 is 2.75 bits per heavy atom. The zero-order chi connectivity index (χ0) is 15.1. The third-order valence-corrected chi connectivity index (χ3v) is 3.84. The zero-order valence-electron chi connectivity index (χ0n) is 12.5. The summed E-state index contributed by atoms with van der Waals surface area (Å²) in [7, 11) is 0. The van der Waals surface area contributed by atoms with Crippen LogP contribution in [-0.2, 0) is 6.54 Å². The fourth-order valence-electron chi connectivity index (χ4n) is 1.96. The van der Waals surface area contributed by atoms with Crippen molar-refractivity contribution in [3.63, 3.8) is 0 Å². The molecule has 114 valence electrons. The summed E-state index contributed by atoms with van der Waals surface area (Å²) in [4.78, 5) is 12.2. The molecule has 1 aromatic heterocycles. The van der Waals surface area contributed by atoms with Crippen molar-refractivity contribution in [1.29, 1.82) is 0 Å². The first-order chi connectivity index (χ1) is 9.49. The predicted molar refractivity (Wildman–Crippen MR) is 87.0 cm³/mol. The van der Waals surface area contributed by atoms with E-state index in [-0.39, 0.29) is 11.6 Å². The van der Waals surface area contributed by atoms with Gasteiger partial charge in [0.2, 0.25) is 0 Å². The Balaban J connectivity index is 2.86. The number of hydrogen-bond donors (Lipinski definition) is 2. The highest BCUT2D eigenvalue weighted by Gasteiger charge is 2.13. The third-order valence-electron chi connectivity index (χ3n) is 3.07. The minimum absolute atomic E-state index is 0.102. The highest BCUT2D eigenvalue weighted by atomic mass is 79.9. The quantitative estimate of drug-likeness (QED) is 0.760. The van der Waals surface area contributed by atoms with Gasteiger partial charge < -0.3 is 11.1 Å². The van der Waals surface area contributed by atoms with E-state index in [0.717, 1.165) is 24.9 Å². The van der Waals surface area contributed by atoms with Crippen LogP contribution in [0.3, 0.4) is 0 Å². The molecule has 0 saturated heterocycles. The average Bonchev–Trinajstić information content (AvgIpc) is 2.42. The Labute approximate surface area is 129 Å². The number of nitrogens with two attached hydrogens (primary N) is 1. The van der Waals surface area contributed by atoms with E-state index in [4.69, 9.17) is 5.73 Å². The van der Waals surface area contributed by atoms with Crippen LogP contribution >= 0.6 is 15.9 Å². The van der Waals surface area contributed by atoms with Gasteiger partial charge in [0.05, 0.1) is 11.9 Å². The number of unbranched alkanes of at least 4 members (excludes halogenated alkanes) is 1. The molecule has 0 spiro atoms. The van der Waals surface area contributed by atoms with Crippen molar-refractivity contribution < 1.29 is 0 Å². The molecule has 0 fully saturated rings. The lowest BCUT2D eigenvalue weighted by atomic mass is 10.1. The smallest absolute Gasteiger partial charge is 0.283 e. The summed E-state index contributed by atoms with van der Waals surface area (Å²) in [5.41, 5.74) is 6.39. The van der Waals surface area contributed by atoms with Crippen molar-refractivity contribution in [3.8, 4) is 0 Å². The zero-order valence-corrected chi connectivity index (χ0v) is 14.1. The molecule has 0 radical (unpaired) electrons. The molecule has 0 bridgehead atoms. The third kappa shape index (κ3) is 4.90. The van der Waals surface area contributed by atoms with Gasteiger partial charge in [-0.15, -0.1) is 0 Å². The fourth-order valence-corrected chi connectivity index (χ4v) is 2.38. The second-order valence-electron chi connectivity index (χ2n) is 5.47. The van der Waals surface area contributed by atoms with E-state index in [1.165, 1.54) is 4.68 Å². The highest BCUT2D eigenvalue weighted by Crippen LogP contribution is 2.18. The molecule has 0 aliphatic carbocycles. The summed E-state index contributed by atoms with van der Waals surface area (Å²) in [6, 6.07) is 0.174. The summed E-state index contributed by atoms with van der Waals surface area (Å²) in [5.74, 6) is 0.382. The maximum atomic E-state index is 12.2. The van der Waals surface area contributed by atoms with E-state index in [0.29, 0.717) is 23.5 Å². The van der Waals surface area contributed by atoms with Crippen molar-refractivity contribution in [3.05, 3.63) is 21.0 Å². The van der Waals surface area contributed by atoms with Gasteiger partial charge in [-0.2, -0.15) is 5.10 Å². The maximum absolute atomic E-state index is 12.2. The van der Waals surface area contributed by atoms with E-state index in [1.54, 1.807) is 6.20 Å². The van der Waals surface area contributed by atoms with Gasteiger partial charge in [-0.25, -0.2) is 4.68 Å². The molecule has 1 heterocycles.